The summed E-state index contributed by atoms with van der Waals surface area (Å²) in [6.45, 7) is 3.84. The average molecular weight is 472 g/mol. The van der Waals surface area contributed by atoms with Gasteiger partial charge in [0.25, 0.3) is 5.91 Å². The quantitative estimate of drug-likeness (QED) is 0.335. The average Bonchev–Trinajstić information content (AvgIpc) is 3.41. The van der Waals surface area contributed by atoms with Crippen molar-refractivity contribution in [1.82, 2.24) is 20.2 Å². The number of methoxy groups -OCH3 is 1. The Morgan fingerprint density at radius 1 is 1.17 bits per heavy atom. The van der Waals surface area contributed by atoms with E-state index in [0.717, 1.165) is 29.3 Å². The summed E-state index contributed by atoms with van der Waals surface area (Å²) in [6.07, 6.45) is 3.32. The van der Waals surface area contributed by atoms with Crippen LogP contribution in [0.15, 0.2) is 36.5 Å². The van der Waals surface area contributed by atoms with Gasteiger partial charge in [-0.05, 0) is 43.5 Å². The van der Waals surface area contributed by atoms with Crippen LogP contribution in [0.5, 0.6) is 5.75 Å². The van der Waals surface area contributed by atoms with Crippen molar-refractivity contribution >= 4 is 34.1 Å². The van der Waals surface area contributed by atoms with Gasteiger partial charge in [0.05, 0.1) is 35.9 Å². The Morgan fingerprint density at radius 3 is 2.63 bits per heavy atom. The lowest BCUT2D eigenvalue weighted by atomic mass is 9.99. The van der Waals surface area contributed by atoms with E-state index >= 15 is 0 Å². The van der Waals surface area contributed by atoms with Crippen molar-refractivity contribution < 1.29 is 14.3 Å². The first-order valence-corrected chi connectivity index (χ1v) is 11.1. The van der Waals surface area contributed by atoms with E-state index in [2.05, 4.69) is 20.5 Å². The Hall–Kier alpha value is -4.47. The van der Waals surface area contributed by atoms with Gasteiger partial charge in [-0.1, -0.05) is 13.0 Å². The fourth-order valence-electron chi connectivity index (χ4n) is 4.05. The van der Waals surface area contributed by atoms with E-state index in [1.165, 1.54) is 0 Å². The molecule has 2 heterocycles. The molecule has 1 fully saturated rings. The zero-order valence-electron chi connectivity index (χ0n) is 19.6. The van der Waals surface area contributed by atoms with Gasteiger partial charge in [0.2, 0.25) is 5.91 Å². The van der Waals surface area contributed by atoms with E-state index in [9.17, 15) is 9.59 Å². The summed E-state index contributed by atoms with van der Waals surface area (Å²) in [5.74, 6) is -0.137. The highest BCUT2D eigenvalue weighted by Gasteiger charge is 2.45. The van der Waals surface area contributed by atoms with Gasteiger partial charge in [0.1, 0.15) is 5.75 Å². The summed E-state index contributed by atoms with van der Waals surface area (Å²) in [5.41, 5.74) is 15.3. The van der Waals surface area contributed by atoms with Crippen molar-refractivity contribution in [1.29, 1.82) is 0 Å². The van der Waals surface area contributed by atoms with Crippen molar-refractivity contribution in [2.24, 2.45) is 11.1 Å². The van der Waals surface area contributed by atoms with Crippen molar-refractivity contribution in [3.05, 3.63) is 47.8 Å². The zero-order chi connectivity index (χ0) is 24.9. The maximum atomic E-state index is 12.9. The van der Waals surface area contributed by atoms with Crippen LogP contribution in [-0.4, -0.2) is 39.1 Å². The van der Waals surface area contributed by atoms with Crippen LogP contribution >= 0.6 is 0 Å². The molecule has 0 unspecified atom stereocenters. The van der Waals surface area contributed by atoms with Crippen LogP contribution < -0.4 is 21.5 Å². The summed E-state index contributed by atoms with van der Waals surface area (Å²) in [6, 6.07) is 8.98. The Bertz CT molecular complexity index is 1500. The minimum Gasteiger partial charge on any atom is -0.497 e. The molecule has 2 amide bonds. The topological polar surface area (TPSA) is 162 Å². The number of hydrogen-bond acceptors (Lipinski definition) is 7. The molecule has 0 atom stereocenters. The van der Waals surface area contributed by atoms with Crippen LogP contribution in [0.3, 0.4) is 0 Å². The number of nitrogens with one attached hydrogen (secondary N) is 2. The largest absolute Gasteiger partial charge is 0.497 e. The molecule has 10 heteroatoms. The van der Waals surface area contributed by atoms with Gasteiger partial charge in [-0.3, -0.25) is 14.7 Å². The van der Waals surface area contributed by atoms with Gasteiger partial charge in [-0.25, -0.2) is 9.97 Å². The molecule has 5 rings (SSSR count). The molecule has 6 N–H and O–H groups in total. The number of H-pyrrole nitrogens is 1. The lowest BCUT2D eigenvalue weighted by Gasteiger charge is -2.17. The number of ether oxygens (including phenoxy) is 1. The SMILES string of the molecule is COc1ccc(-c2nc(C(N)=O)c(N)c(-c3c(C)ccc4[nH]ncc34)n2)c(NC(=O)C2(C)CC2)c1. The number of fused-ring (bicyclic) bond motifs is 1. The first kappa shape index (κ1) is 22.3. The molecule has 2 aromatic carbocycles. The number of aromatic amines is 1. The standard InChI is InChI=1S/C25H25N7O3/c1-12-4-7-16-15(11-28-32-16)18(12)20-19(26)21(22(27)33)31-23(30-20)14-6-5-13(35-3)10-17(14)29-24(34)25(2)8-9-25/h4-7,10-11H,8-9,26H2,1-3H3,(H2,27,33)(H,28,32)(H,29,34). The lowest BCUT2D eigenvalue weighted by Crippen LogP contribution is -2.22. The minimum atomic E-state index is -0.783. The van der Waals surface area contributed by atoms with Crippen LogP contribution in [0.2, 0.25) is 0 Å². The van der Waals surface area contributed by atoms with Gasteiger partial charge >= 0.3 is 0 Å². The van der Waals surface area contributed by atoms with Crippen LogP contribution in [0.25, 0.3) is 33.5 Å². The van der Waals surface area contributed by atoms with Crippen LogP contribution in [0, 0.1) is 12.3 Å². The normalized spacial score (nSPS) is 14.0. The number of nitrogens with zero attached hydrogens (tertiary/aromatic N) is 3. The summed E-state index contributed by atoms with van der Waals surface area (Å²) in [4.78, 5) is 34.4. The number of aromatic nitrogens is 4. The predicted octanol–water partition coefficient (Wildman–Crippen LogP) is 3.42. The van der Waals surface area contributed by atoms with E-state index in [4.69, 9.17) is 21.2 Å². The number of nitrogen functional groups attached to an aromatic ring is 1. The number of amides is 2. The summed E-state index contributed by atoms with van der Waals surface area (Å²) >= 11 is 0. The minimum absolute atomic E-state index is 0.0719. The molecular weight excluding hydrogens is 446 g/mol. The second kappa shape index (κ2) is 8.08. The molecule has 1 aliphatic carbocycles. The van der Waals surface area contributed by atoms with E-state index in [0.29, 0.717) is 28.3 Å². The number of carbonyl (C=O) groups excluding carboxylic acids is 2. The van der Waals surface area contributed by atoms with Crippen LogP contribution in [-0.2, 0) is 4.79 Å². The molecule has 10 nitrogen and oxygen atoms in total. The van der Waals surface area contributed by atoms with Gasteiger partial charge in [0.15, 0.2) is 11.5 Å². The second-order valence-corrected chi connectivity index (χ2v) is 9.04. The molecule has 0 saturated heterocycles. The van der Waals surface area contributed by atoms with Crippen LogP contribution in [0.1, 0.15) is 35.8 Å². The number of benzene rings is 2. The number of hydrogen-bond donors (Lipinski definition) is 4. The van der Waals surface area contributed by atoms with Gasteiger partial charge < -0.3 is 21.5 Å². The molecule has 35 heavy (non-hydrogen) atoms. The van der Waals surface area contributed by atoms with Crippen molar-refractivity contribution in [3.8, 4) is 28.4 Å². The monoisotopic (exact) mass is 471 g/mol. The molecule has 0 spiro atoms. The van der Waals surface area contributed by atoms with E-state index in [-0.39, 0.29) is 23.1 Å². The molecule has 0 bridgehead atoms. The molecule has 0 aliphatic heterocycles. The fraction of sp³-hybridized carbons (Fsp3) is 0.240. The number of primary amides is 1. The summed E-state index contributed by atoms with van der Waals surface area (Å²) in [5, 5.41) is 10.8. The highest BCUT2D eigenvalue weighted by molar-refractivity contribution is 6.05. The zero-order valence-corrected chi connectivity index (χ0v) is 19.6. The van der Waals surface area contributed by atoms with E-state index in [1.54, 1.807) is 31.5 Å². The highest BCUT2D eigenvalue weighted by atomic mass is 16.5. The Labute approximate surface area is 201 Å². The molecular formula is C25H25N7O3. The second-order valence-electron chi connectivity index (χ2n) is 9.04. The van der Waals surface area contributed by atoms with Crippen LogP contribution in [0.4, 0.5) is 11.4 Å². The maximum absolute atomic E-state index is 12.9. The first-order valence-electron chi connectivity index (χ1n) is 11.1. The molecule has 178 valence electrons. The fourth-order valence-corrected chi connectivity index (χ4v) is 4.05. The summed E-state index contributed by atoms with van der Waals surface area (Å²) < 4.78 is 5.36. The maximum Gasteiger partial charge on any atom is 0.269 e. The Kier molecular flexibility index (Phi) is 5.16. The Morgan fingerprint density at radius 2 is 1.94 bits per heavy atom. The van der Waals surface area contributed by atoms with Crippen molar-refractivity contribution in [2.75, 3.05) is 18.2 Å². The number of anilines is 2. The van der Waals surface area contributed by atoms with Crippen molar-refractivity contribution in [2.45, 2.75) is 26.7 Å². The van der Waals surface area contributed by atoms with E-state index in [1.807, 2.05) is 26.0 Å². The lowest BCUT2D eigenvalue weighted by molar-refractivity contribution is -0.120. The predicted molar refractivity (Wildman–Crippen MR) is 133 cm³/mol. The smallest absolute Gasteiger partial charge is 0.269 e. The first-order chi connectivity index (χ1) is 16.7. The number of nitrogens with two attached hydrogens (primary N) is 2. The van der Waals surface area contributed by atoms with Gasteiger partial charge in [0, 0.05) is 28.0 Å². The summed E-state index contributed by atoms with van der Waals surface area (Å²) in [7, 11) is 1.54. The highest BCUT2D eigenvalue weighted by Crippen LogP contribution is 2.46. The number of rotatable bonds is 6. The molecule has 2 aromatic heterocycles. The number of aryl methyl sites for hydroxylation is 1. The molecule has 1 aliphatic rings. The van der Waals surface area contributed by atoms with Gasteiger partial charge in [-0.2, -0.15) is 5.10 Å². The Balaban J connectivity index is 1.74. The third-order valence-corrected chi connectivity index (χ3v) is 6.51. The third-order valence-electron chi connectivity index (χ3n) is 6.51. The number of carbonyl (C=O) groups is 2. The van der Waals surface area contributed by atoms with Crippen molar-refractivity contribution in [3.63, 3.8) is 0 Å². The molecule has 0 radical (unpaired) electrons. The van der Waals surface area contributed by atoms with Gasteiger partial charge in [-0.15, -0.1) is 0 Å². The van der Waals surface area contributed by atoms with E-state index < -0.39 is 11.3 Å². The molecule has 4 aromatic rings. The molecule has 1 saturated carbocycles. The third kappa shape index (κ3) is 3.82.